The van der Waals surface area contributed by atoms with E-state index in [0.717, 1.165) is 73.7 Å². The van der Waals surface area contributed by atoms with Crippen LogP contribution in [0.25, 0.3) is 16.8 Å². The van der Waals surface area contributed by atoms with Crippen molar-refractivity contribution in [3.8, 4) is 11.3 Å². The Hall–Kier alpha value is -3.86. The number of nitrogens with one attached hydrogen (secondary N) is 1. The molecule has 41 heavy (non-hydrogen) atoms. The zero-order valence-corrected chi connectivity index (χ0v) is 23.1. The van der Waals surface area contributed by atoms with Gasteiger partial charge in [0.25, 0.3) is 5.91 Å². The third kappa shape index (κ3) is 6.56. The van der Waals surface area contributed by atoms with Crippen molar-refractivity contribution in [2.75, 3.05) is 25.4 Å². The first kappa shape index (κ1) is 28.7. The normalized spacial score (nSPS) is 19.6. The molecule has 5 rings (SSSR count). The number of alkyl halides is 3. The Kier molecular flexibility index (Phi) is 8.35. The second-order valence-electron chi connectivity index (χ2n) is 10.9. The van der Waals surface area contributed by atoms with Gasteiger partial charge in [-0.1, -0.05) is 25.1 Å². The van der Waals surface area contributed by atoms with Crippen LogP contribution in [-0.4, -0.2) is 57.0 Å². The lowest BCUT2D eigenvalue weighted by Crippen LogP contribution is -2.36. The minimum absolute atomic E-state index is 0.269. The van der Waals surface area contributed by atoms with Crippen LogP contribution in [0.1, 0.15) is 61.1 Å². The number of halogens is 3. The van der Waals surface area contributed by atoms with E-state index < -0.39 is 23.7 Å². The maximum atomic E-state index is 13.3. The van der Waals surface area contributed by atoms with Crippen LogP contribution >= 0.6 is 0 Å². The molecule has 2 atom stereocenters. The molecule has 0 bridgehead atoms. The average molecular weight is 568 g/mol. The molecule has 1 aliphatic carbocycles. The second-order valence-corrected chi connectivity index (χ2v) is 10.9. The number of likely N-dealkylation sites (tertiary alicyclic amines) is 1. The van der Waals surface area contributed by atoms with Gasteiger partial charge in [-0.05, 0) is 69.0 Å². The molecule has 5 N–H and O–H groups in total. The Morgan fingerprint density at radius 1 is 1.22 bits per heavy atom. The lowest BCUT2D eigenvalue weighted by Gasteiger charge is -2.32. The fraction of sp³-hybridized carbons (Fsp3) is 0.433. The van der Waals surface area contributed by atoms with Crippen molar-refractivity contribution in [2.24, 2.45) is 11.7 Å². The summed E-state index contributed by atoms with van der Waals surface area (Å²) >= 11 is 0. The van der Waals surface area contributed by atoms with E-state index in [0.29, 0.717) is 17.1 Å². The zero-order chi connectivity index (χ0) is 29.1. The summed E-state index contributed by atoms with van der Waals surface area (Å²) in [5, 5.41) is 2.67. The first-order chi connectivity index (χ1) is 19.7. The molecule has 3 heterocycles. The number of imidazole rings is 1. The van der Waals surface area contributed by atoms with Gasteiger partial charge in [0.1, 0.15) is 22.9 Å². The number of fused-ring (bicyclic) bond motifs is 1. The molecule has 1 saturated heterocycles. The van der Waals surface area contributed by atoms with Crippen molar-refractivity contribution in [3.63, 3.8) is 0 Å². The third-order valence-electron chi connectivity index (χ3n) is 7.86. The fourth-order valence-corrected chi connectivity index (χ4v) is 5.53. The smallest absolute Gasteiger partial charge is 0.405 e. The molecule has 2 aliphatic rings. The summed E-state index contributed by atoms with van der Waals surface area (Å²) < 4.78 is 41.9. The van der Waals surface area contributed by atoms with Crippen molar-refractivity contribution in [2.45, 2.75) is 57.2 Å². The lowest BCUT2D eigenvalue weighted by atomic mass is 9.97. The molecule has 1 saturated carbocycles. The molecule has 0 spiro atoms. The van der Waals surface area contributed by atoms with Crippen molar-refractivity contribution < 1.29 is 18.0 Å². The number of nitrogens with two attached hydrogens (primary N) is 2. The quantitative estimate of drug-likeness (QED) is 0.312. The van der Waals surface area contributed by atoms with Crippen LogP contribution in [-0.2, 0) is 0 Å². The van der Waals surface area contributed by atoms with Gasteiger partial charge in [0, 0.05) is 48.6 Å². The van der Waals surface area contributed by atoms with Crippen LogP contribution in [0.2, 0.25) is 0 Å². The van der Waals surface area contributed by atoms with Gasteiger partial charge in [-0.15, -0.1) is 0 Å². The van der Waals surface area contributed by atoms with E-state index in [-0.39, 0.29) is 12.3 Å². The Balaban J connectivity index is 1.38. The molecule has 8 nitrogen and oxygen atoms in total. The van der Waals surface area contributed by atoms with Gasteiger partial charge >= 0.3 is 6.18 Å². The monoisotopic (exact) mass is 567 g/mol. The number of carbonyl (C=O) groups excluding carboxylic acids is 1. The predicted molar refractivity (Wildman–Crippen MR) is 153 cm³/mol. The third-order valence-corrected chi connectivity index (χ3v) is 7.86. The van der Waals surface area contributed by atoms with Crippen molar-refractivity contribution >= 4 is 17.2 Å². The average Bonchev–Trinajstić information content (AvgIpc) is 3.68. The Morgan fingerprint density at radius 3 is 2.63 bits per heavy atom. The van der Waals surface area contributed by atoms with E-state index >= 15 is 0 Å². The summed E-state index contributed by atoms with van der Waals surface area (Å²) in [6.45, 7) is 4.92. The van der Waals surface area contributed by atoms with Gasteiger partial charge in [-0.25, -0.2) is 9.97 Å². The SMILES string of the molecule is CCC(/C=C(\C=C/N)C(F)(F)F)NC(=O)c1ccc(-c2nc(C3CCCN(CC4CC4)C3)n3ccnc(N)c23)cc1. The number of nitrogen functional groups attached to an aromatic ring is 1. The van der Waals surface area contributed by atoms with Gasteiger partial charge in [-0.2, -0.15) is 13.2 Å². The molecule has 1 aliphatic heterocycles. The number of benzene rings is 1. The molecule has 2 aromatic heterocycles. The summed E-state index contributed by atoms with van der Waals surface area (Å²) in [5.41, 5.74) is 13.1. The molecule has 3 aromatic rings. The van der Waals surface area contributed by atoms with Crippen molar-refractivity contribution in [1.29, 1.82) is 0 Å². The highest BCUT2D eigenvalue weighted by atomic mass is 19.4. The number of hydrogen-bond acceptors (Lipinski definition) is 6. The summed E-state index contributed by atoms with van der Waals surface area (Å²) in [7, 11) is 0. The van der Waals surface area contributed by atoms with E-state index in [4.69, 9.17) is 16.5 Å². The number of allylic oxidation sites excluding steroid dienone is 2. The predicted octanol–water partition coefficient (Wildman–Crippen LogP) is 5.04. The molecule has 1 amide bonds. The number of piperidine rings is 1. The minimum atomic E-state index is -4.58. The minimum Gasteiger partial charge on any atom is -0.405 e. The van der Waals surface area contributed by atoms with Gasteiger partial charge in [0.15, 0.2) is 0 Å². The van der Waals surface area contributed by atoms with Crippen molar-refractivity contribution in [3.05, 3.63) is 72.0 Å². The van der Waals surface area contributed by atoms with Gasteiger partial charge in [0.2, 0.25) is 0 Å². The van der Waals surface area contributed by atoms with Crippen LogP contribution in [0.15, 0.2) is 60.6 Å². The van der Waals surface area contributed by atoms with Gasteiger partial charge in [-0.3, -0.25) is 9.20 Å². The van der Waals surface area contributed by atoms with Crippen LogP contribution < -0.4 is 16.8 Å². The summed E-state index contributed by atoms with van der Waals surface area (Å²) in [6.07, 6.45) is 6.67. The fourth-order valence-electron chi connectivity index (χ4n) is 5.53. The largest absolute Gasteiger partial charge is 0.416 e. The number of rotatable bonds is 9. The molecule has 2 unspecified atom stereocenters. The van der Waals surface area contributed by atoms with E-state index in [1.165, 1.54) is 12.8 Å². The maximum Gasteiger partial charge on any atom is 0.416 e. The molecular formula is C30H36F3N7O. The standard InChI is InChI=1S/C30H36F3N7O/c1-2-24(16-23(11-12-34)30(31,32)33)37-29(41)21-9-7-20(8-10-21)25-26-27(35)36-13-15-40(26)28(38-25)22-4-3-14-39(18-22)17-19-5-6-19/h7-13,15-16,19,22,24H,2-6,14,17-18,34H2,1H3,(H2,35,36)(H,37,41)/b12-11-,23-16+. The number of hydrogen-bond donors (Lipinski definition) is 3. The van der Waals surface area contributed by atoms with E-state index in [1.807, 2.05) is 10.6 Å². The number of carbonyl (C=O) groups is 1. The number of aromatic nitrogens is 3. The van der Waals surface area contributed by atoms with Gasteiger partial charge in [0.05, 0.1) is 5.57 Å². The van der Waals surface area contributed by atoms with E-state index in [1.54, 1.807) is 37.4 Å². The van der Waals surface area contributed by atoms with Crippen LogP contribution in [0.4, 0.5) is 19.0 Å². The number of nitrogens with zero attached hydrogens (tertiary/aromatic N) is 4. The molecule has 11 heteroatoms. The first-order valence-corrected chi connectivity index (χ1v) is 14.1. The molecule has 1 aromatic carbocycles. The highest BCUT2D eigenvalue weighted by Crippen LogP contribution is 2.36. The maximum absolute atomic E-state index is 13.3. The topological polar surface area (TPSA) is 115 Å². The van der Waals surface area contributed by atoms with Crippen LogP contribution in [0.3, 0.4) is 0 Å². The van der Waals surface area contributed by atoms with Crippen molar-refractivity contribution in [1.82, 2.24) is 24.6 Å². The molecule has 218 valence electrons. The second kappa shape index (κ2) is 11.9. The lowest BCUT2D eigenvalue weighted by molar-refractivity contribution is -0.0886. The van der Waals surface area contributed by atoms with E-state index in [2.05, 4.69) is 15.2 Å². The Labute approximate surface area is 237 Å². The molecule has 2 fully saturated rings. The molecule has 0 radical (unpaired) electrons. The number of anilines is 1. The zero-order valence-electron chi connectivity index (χ0n) is 23.1. The van der Waals surface area contributed by atoms with Crippen LogP contribution in [0.5, 0.6) is 0 Å². The highest BCUT2D eigenvalue weighted by molar-refractivity contribution is 5.95. The summed E-state index contributed by atoms with van der Waals surface area (Å²) in [6, 6.07) is 6.02. The first-order valence-electron chi connectivity index (χ1n) is 14.1. The van der Waals surface area contributed by atoms with E-state index in [9.17, 15) is 18.0 Å². The Morgan fingerprint density at radius 2 is 1.98 bits per heavy atom. The van der Waals surface area contributed by atoms with Gasteiger partial charge < -0.3 is 21.7 Å². The molecular weight excluding hydrogens is 531 g/mol. The summed E-state index contributed by atoms with van der Waals surface area (Å²) in [4.78, 5) is 24.8. The number of amides is 1. The van der Waals surface area contributed by atoms with Crippen LogP contribution in [0, 0.1) is 5.92 Å². The highest BCUT2D eigenvalue weighted by Gasteiger charge is 2.33. The summed E-state index contributed by atoms with van der Waals surface area (Å²) in [5.74, 6) is 1.95. The Bertz CT molecular complexity index is 1440.